The van der Waals surface area contributed by atoms with Crippen LogP contribution in [0.1, 0.15) is 22.3 Å². The number of sulfonamides is 1. The van der Waals surface area contributed by atoms with Gasteiger partial charge in [0.05, 0.1) is 4.90 Å². The number of hydrogen-bond acceptors (Lipinski definition) is 4. The molecule has 32 heavy (non-hydrogen) atoms. The molecule has 0 aliphatic carbocycles. The summed E-state index contributed by atoms with van der Waals surface area (Å²) >= 11 is 0. The lowest BCUT2D eigenvalue weighted by atomic mass is 10.1. The number of nitrogens with zero attached hydrogens (tertiary/aromatic N) is 1. The fraction of sp³-hybridized carbons (Fsp3) is 0.240. The Labute approximate surface area is 189 Å². The van der Waals surface area contributed by atoms with Gasteiger partial charge in [-0.2, -0.15) is 0 Å². The van der Waals surface area contributed by atoms with Crippen LogP contribution in [0.3, 0.4) is 0 Å². The Morgan fingerprint density at radius 2 is 1.50 bits per heavy atom. The summed E-state index contributed by atoms with van der Waals surface area (Å²) in [6, 6.07) is 17.3. The van der Waals surface area contributed by atoms with Crippen LogP contribution in [0.4, 0.5) is 11.4 Å². The second-order valence-corrected chi connectivity index (χ2v) is 9.65. The molecule has 0 atom stereocenters. The molecule has 0 bridgehead atoms. The molecular weight excluding hydrogens is 424 g/mol. The van der Waals surface area contributed by atoms with E-state index in [1.165, 1.54) is 12.1 Å². The number of carbonyl (C=O) groups excluding carboxylic acids is 1. The third kappa shape index (κ3) is 5.68. The maximum atomic E-state index is 12.7. The van der Waals surface area contributed by atoms with Crippen molar-refractivity contribution in [1.29, 1.82) is 0 Å². The lowest BCUT2D eigenvalue weighted by Gasteiger charge is -2.19. The molecule has 0 heterocycles. The largest absolute Gasteiger partial charge is 0.484 e. The van der Waals surface area contributed by atoms with Gasteiger partial charge in [0.25, 0.3) is 15.9 Å². The van der Waals surface area contributed by atoms with E-state index in [1.54, 1.807) is 36.2 Å². The molecule has 0 saturated carbocycles. The highest BCUT2D eigenvalue weighted by Gasteiger charge is 2.16. The summed E-state index contributed by atoms with van der Waals surface area (Å²) in [5, 5.41) is 0. The van der Waals surface area contributed by atoms with Crippen molar-refractivity contribution in [2.75, 3.05) is 23.3 Å². The Balaban J connectivity index is 1.63. The first-order chi connectivity index (χ1) is 15.0. The van der Waals surface area contributed by atoms with Crippen molar-refractivity contribution in [2.45, 2.75) is 32.6 Å². The zero-order valence-corrected chi connectivity index (χ0v) is 19.8. The first kappa shape index (κ1) is 23.3. The Morgan fingerprint density at radius 1 is 0.875 bits per heavy atom. The van der Waals surface area contributed by atoms with E-state index in [-0.39, 0.29) is 17.4 Å². The number of likely N-dealkylation sites (N-methyl/N-ethyl adjacent to an activating group) is 1. The van der Waals surface area contributed by atoms with E-state index in [9.17, 15) is 13.2 Å². The average molecular weight is 453 g/mol. The predicted molar refractivity (Wildman–Crippen MR) is 128 cm³/mol. The Bertz CT molecular complexity index is 1220. The Kier molecular flexibility index (Phi) is 6.89. The van der Waals surface area contributed by atoms with Gasteiger partial charge in [-0.3, -0.25) is 9.52 Å². The SMILES string of the molecule is Cc1cc(C)cc(NS(=O)(=O)c2ccc(OCC(=O)N(C)c3ccc(C)c(C)c3)cc2)c1. The van der Waals surface area contributed by atoms with E-state index in [1.807, 2.05) is 52.0 Å². The quantitative estimate of drug-likeness (QED) is 0.561. The van der Waals surface area contributed by atoms with Crippen LogP contribution in [0, 0.1) is 27.7 Å². The monoisotopic (exact) mass is 452 g/mol. The molecule has 0 aliphatic rings. The minimum Gasteiger partial charge on any atom is -0.484 e. The third-order valence-electron chi connectivity index (χ3n) is 5.22. The highest BCUT2D eigenvalue weighted by molar-refractivity contribution is 7.92. The first-order valence-electron chi connectivity index (χ1n) is 10.2. The van der Waals surface area contributed by atoms with Crippen LogP contribution in [0.2, 0.25) is 0 Å². The second kappa shape index (κ2) is 9.44. The van der Waals surface area contributed by atoms with E-state index in [0.29, 0.717) is 11.4 Å². The van der Waals surface area contributed by atoms with Crippen LogP contribution in [0.5, 0.6) is 5.75 Å². The maximum Gasteiger partial charge on any atom is 0.264 e. The number of benzene rings is 3. The number of anilines is 2. The summed E-state index contributed by atoms with van der Waals surface area (Å²) in [7, 11) is -2.03. The smallest absolute Gasteiger partial charge is 0.264 e. The summed E-state index contributed by atoms with van der Waals surface area (Å²) in [5.41, 5.74) is 5.52. The van der Waals surface area contributed by atoms with E-state index < -0.39 is 10.0 Å². The molecular formula is C25H28N2O4S. The molecule has 0 unspecified atom stereocenters. The minimum atomic E-state index is -3.73. The van der Waals surface area contributed by atoms with Crippen LogP contribution < -0.4 is 14.4 Å². The van der Waals surface area contributed by atoms with Gasteiger partial charge < -0.3 is 9.64 Å². The van der Waals surface area contributed by atoms with Crippen molar-refractivity contribution in [3.8, 4) is 5.75 Å². The second-order valence-electron chi connectivity index (χ2n) is 7.96. The van der Waals surface area contributed by atoms with E-state index in [0.717, 1.165) is 27.9 Å². The van der Waals surface area contributed by atoms with Gasteiger partial charge in [-0.05, 0) is 98.5 Å². The fourth-order valence-corrected chi connectivity index (χ4v) is 4.32. The van der Waals surface area contributed by atoms with Crippen molar-refractivity contribution in [3.63, 3.8) is 0 Å². The lowest BCUT2D eigenvalue weighted by Crippen LogP contribution is -2.31. The molecule has 1 N–H and O–H groups in total. The van der Waals surface area contributed by atoms with Crippen LogP contribution in [-0.2, 0) is 14.8 Å². The topological polar surface area (TPSA) is 75.7 Å². The van der Waals surface area contributed by atoms with Gasteiger partial charge in [-0.1, -0.05) is 12.1 Å². The lowest BCUT2D eigenvalue weighted by molar-refractivity contribution is -0.120. The standard InChI is InChI=1S/C25H28N2O4S/c1-17-12-18(2)14-21(13-17)26-32(29,30)24-10-8-23(9-11-24)31-16-25(28)27(5)22-7-6-19(3)20(4)15-22/h6-15,26H,16H2,1-5H3. The van der Waals surface area contributed by atoms with Crippen molar-refractivity contribution in [1.82, 2.24) is 0 Å². The summed E-state index contributed by atoms with van der Waals surface area (Å²) in [6.07, 6.45) is 0. The van der Waals surface area contributed by atoms with Gasteiger partial charge in [0.1, 0.15) is 5.75 Å². The minimum absolute atomic E-state index is 0.114. The van der Waals surface area contributed by atoms with Crippen LogP contribution in [0.15, 0.2) is 65.6 Å². The van der Waals surface area contributed by atoms with Crippen LogP contribution >= 0.6 is 0 Å². The zero-order chi connectivity index (χ0) is 23.5. The van der Waals surface area contributed by atoms with Crippen molar-refractivity contribution in [2.24, 2.45) is 0 Å². The molecule has 3 rings (SSSR count). The number of amides is 1. The summed E-state index contributed by atoms with van der Waals surface area (Å²) < 4.78 is 33.5. The van der Waals surface area contributed by atoms with Crippen LogP contribution in [0.25, 0.3) is 0 Å². The number of hydrogen-bond donors (Lipinski definition) is 1. The van der Waals surface area contributed by atoms with E-state index >= 15 is 0 Å². The Morgan fingerprint density at radius 3 is 2.09 bits per heavy atom. The number of carbonyl (C=O) groups is 1. The number of ether oxygens (including phenoxy) is 1. The molecule has 0 radical (unpaired) electrons. The number of nitrogens with one attached hydrogen (secondary N) is 1. The summed E-state index contributed by atoms with van der Waals surface area (Å²) in [5.74, 6) is 0.207. The van der Waals surface area contributed by atoms with Gasteiger partial charge in [0, 0.05) is 18.4 Å². The summed E-state index contributed by atoms with van der Waals surface area (Å²) in [6.45, 7) is 7.69. The zero-order valence-electron chi connectivity index (χ0n) is 19.0. The molecule has 1 amide bonds. The fourth-order valence-electron chi connectivity index (χ4n) is 3.28. The number of aryl methyl sites for hydroxylation is 4. The molecule has 0 saturated heterocycles. The van der Waals surface area contributed by atoms with E-state index in [4.69, 9.17) is 4.74 Å². The molecule has 0 fully saturated rings. The van der Waals surface area contributed by atoms with Gasteiger partial charge >= 0.3 is 0 Å². The van der Waals surface area contributed by atoms with E-state index in [2.05, 4.69) is 4.72 Å². The molecule has 6 nitrogen and oxygen atoms in total. The Hall–Kier alpha value is -3.32. The molecule has 0 aromatic heterocycles. The van der Waals surface area contributed by atoms with Gasteiger partial charge in [-0.15, -0.1) is 0 Å². The van der Waals surface area contributed by atoms with Gasteiger partial charge in [0.2, 0.25) is 0 Å². The molecule has 7 heteroatoms. The normalized spacial score (nSPS) is 11.2. The highest BCUT2D eigenvalue weighted by Crippen LogP contribution is 2.22. The molecule has 3 aromatic rings. The maximum absolute atomic E-state index is 12.7. The predicted octanol–water partition coefficient (Wildman–Crippen LogP) is 4.76. The summed E-state index contributed by atoms with van der Waals surface area (Å²) in [4.78, 5) is 14.1. The first-order valence-corrected chi connectivity index (χ1v) is 11.7. The molecule has 0 aliphatic heterocycles. The van der Waals surface area contributed by atoms with Gasteiger partial charge in [0.15, 0.2) is 6.61 Å². The molecule has 3 aromatic carbocycles. The highest BCUT2D eigenvalue weighted by atomic mass is 32.2. The van der Waals surface area contributed by atoms with Gasteiger partial charge in [-0.25, -0.2) is 8.42 Å². The number of rotatable bonds is 7. The third-order valence-corrected chi connectivity index (χ3v) is 6.62. The average Bonchev–Trinajstić information content (AvgIpc) is 2.72. The van der Waals surface area contributed by atoms with Crippen molar-refractivity contribution < 1.29 is 17.9 Å². The van der Waals surface area contributed by atoms with Crippen molar-refractivity contribution >= 4 is 27.3 Å². The van der Waals surface area contributed by atoms with Crippen LogP contribution in [-0.4, -0.2) is 28.0 Å². The molecule has 0 spiro atoms. The molecule has 168 valence electrons. The van der Waals surface area contributed by atoms with Crippen molar-refractivity contribution in [3.05, 3.63) is 82.9 Å².